The van der Waals surface area contributed by atoms with E-state index < -0.39 is 0 Å². The SMILES string of the molecule is COc1ccc([C@H](C)NC(C)C(C)O)cc1. The summed E-state index contributed by atoms with van der Waals surface area (Å²) in [6, 6.07) is 8.25. The molecule has 0 fully saturated rings. The Morgan fingerprint density at radius 3 is 2.12 bits per heavy atom. The van der Waals surface area contributed by atoms with Gasteiger partial charge in [0.2, 0.25) is 0 Å². The van der Waals surface area contributed by atoms with E-state index in [4.69, 9.17) is 4.74 Å². The molecular formula is C13H21NO2. The molecule has 0 bridgehead atoms. The fourth-order valence-corrected chi connectivity index (χ4v) is 1.52. The van der Waals surface area contributed by atoms with E-state index in [0.29, 0.717) is 0 Å². The fourth-order valence-electron chi connectivity index (χ4n) is 1.52. The predicted molar refractivity (Wildman–Crippen MR) is 65.7 cm³/mol. The average molecular weight is 223 g/mol. The molecule has 16 heavy (non-hydrogen) atoms. The summed E-state index contributed by atoms with van der Waals surface area (Å²) in [4.78, 5) is 0. The molecule has 0 saturated heterocycles. The van der Waals surface area contributed by atoms with E-state index in [1.54, 1.807) is 14.0 Å². The molecule has 3 nitrogen and oxygen atoms in total. The van der Waals surface area contributed by atoms with E-state index in [9.17, 15) is 5.11 Å². The summed E-state index contributed by atoms with van der Waals surface area (Å²) < 4.78 is 5.11. The first-order valence-electron chi connectivity index (χ1n) is 5.62. The molecule has 0 aliphatic heterocycles. The summed E-state index contributed by atoms with van der Waals surface area (Å²) in [5, 5.41) is 12.8. The molecule has 0 radical (unpaired) electrons. The second-order valence-corrected chi connectivity index (χ2v) is 4.19. The number of hydrogen-bond donors (Lipinski definition) is 2. The Bertz CT molecular complexity index is 308. The van der Waals surface area contributed by atoms with E-state index >= 15 is 0 Å². The second kappa shape index (κ2) is 5.87. The minimum Gasteiger partial charge on any atom is -0.497 e. The van der Waals surface area contributed by atoms with Gasteiger partial charge in [0, 0.05) is 12.1 Å². The van der Waals surface area contributed by atoms with Crippen molar-refractivity contribution in [2.45, 2.75) is 39.0 Å². The number of methoxy groups -OCH3 is 1. The van der Waals surface area contributed by atoms with Gasteiger partial charge in [-0.25, -0.2) is 0 Å². The standard InChI is InChI=1S/C13H21NO2/c1-9(11(3)15)14-10(2)12-5-7-13(16-4)8-6-12/h5-11,14-15H,1-4H3/t9?,10-,11?/m0/s1. The minimum atomic E-state index is -0.347. The van der Waals surface area contributed by atoms with Crippen LogP contribution < -0.4 is 10.1 Å². The molecule has 0 saturated carbocycles. The van der Waals surface area contributed by atoms with Crippen molar-refractivity contribution in [2.24, 2.45) is 0 Å². The van der Waals surface area contributed by atoms with E-state index in [0.717, 1.165) is 5.75 Å². The zero-order valence-corrected chi connectivity index (χ0v) is 10.4. The third kappa shape index (κ3) is 3.51. The molecule has 3 heteroatoms. The van der Waals surface area contributed by atoms with Gasteiger partial charge in [0.25, 0.3) is 0 Å². The molecule has 3 atom stereocenters. The molecule has 1 rings (SSSR count). The molecule has 0 aliphatic carbocycles. The monoisotopic (exact) mass is 223 g/mol. The maximum absolute atomic E-state index is 9.42. The second-order valence-electron chi connectivity index (χ2n) is 4.19. The molecule has 90 valence electrons. The van der Waals surface area contributed by atoms with Gasteiger partial charge in [-0.1, -0.05) is 12.1 Å². The van der Waals surface area contributed by atoms with Crippen molar-refractivity contribution in [1.29, 1.82) is 0 Å². The van der Waals surface area contributed by atoms with Gasteiger partial charge >= 0.3 is 0 Å². The van der Waals surface area contributed by atoms with E-state index in [2.05, 4.69) is 12.2 Å². The number of aliphatic hydroxyl groups excluding tert-OH is 1. The number of hydrogen-bond acceptors (Lipinski definition) is 3. The van der Waals surface area contributed by atoms with Crippen molar-refractivity contribution < 1.29 is 9.84 Å². The van der Waals surface area contributed by atoms with Gasteiger partial charge in [0.15, 0.2) is 0 Å². The van der Waals surface area contributed by atoms with Crippen molar-refractivity contribution in [1.82, 2.24) is 5.32 Å². The summed E-state index contributed by atoms with van der Waals surface area (Å²) in [5.41, 5.74) is 1.19. The van der Waals surface area contributed by atoms with E-state index in [-0.39, 0.29) is 18.2 Å². The zero-order valence-electron chi connectivity index (χ0n) is 10.4. The topological polar surface area (TPSA) is 41.5 Å². The highest BCUT2D eigenvalue weighted by Crippen LogP contribution is 2.17. The average Bonchev–Trinajstić information content (AvgIpc) is 2.28. The molecule has 0 heterocycles. The Morgan fingerprint density at radius 1 is 1.12 bits per heavy atom. The van der Waals surface area contributed by atoms with Crippen LogP contribution in [0.15, 0.2) is 24.3 Å². The number of benzene rings is 1. The van der Waals surface area contributed by atoms with Crippen LogP contribution in [-0.4, -0.2) is 24.4 Å². The highest BCUT2D eigenvalue weighted by atomic mass is 16.5. The molecule has 2 N–H and O–H groups in total. The van der Waals surface area contributed by atoms with Gasteiger partial charge in [-0.2, -0.15) is 0 Å². The Balaban J connectivity index is 2.62. The number of aliphatic hydroxyl groups is 1. The van der Waals surface area contributed by atoms with Crippen LogP contribution in [0.25, 0.3) is 0 Å². The lowest BCUT2D eigenvalue weighted by Gasteiger charge is -2.22. The minimum absolute atomic E-state index is 0.0806. The molecule has 0 aliphatic rings. The largest absolute Gasteiger partial charge is 0.497 e. The highest BCUT2D eigenvalue weighted by molar-refractivity contribution is 5.28. The highest BCUT2D eigenvalue weighted by Gasteiger charge is 2.12. The third-order valence-electron chi connectivity index (χ3n) is 2.85. The van der Waals surface area contributed by atoms with Crippen molar-refractivity contribution in [3.05, 3.63) is 29.8 Å². The quantitative estimate of drug-likeness (QED) is 0.803. The number of nitrogens with one attached hydrogen (secondary N) is 1. The smallest absolute Gasteiger partial charge is 0.118 e. The number of rotatable bonds is 5. The van der Waals surface area contributed by atoms with Crippen LogP contribution in [0.5, 0.6) is 5.75 Å². The van der Waals surface area contributed by atoms with Crippen molar-refractivity contribution in [3.63, 3.8) is 0 Å². The Labute approximate surface area is 97.4 Å². The first-order valence-corrected chi connectivity index (χ1v) is 5.62. The van der Waals surface area contributed by atoms with Gasteiger partial charge in [0.1, 0.15) is 5.75 Å². The van der Waals surface area contributed by atoms with E-state index in [1.807, 2.05) is 31.2 Å². The van der Waals surface area contributed by atoms with Gasteiger partial charge in [0.05, 0.1) is 13.2 Å². The van der Waals surface area contributed by atoms with Crippen LogP contribution in [0, 0.1) is 0 Å². The summed E-state index contributed by atoms with van der Waals surface area (Å²) in [7, 11) is 1.66. The molecule has 1 aromatic rings. The molecule has 1 aromatic carbocycles. The summed E-state index contributed by atoms with van der Waals surface area (Å²) in [5.74, 6) is 0.861. The Morgan fingerprint density at radius 2 is 1.69 bits per heavy atom. The first-order chi connectivity index (χ1) is 7.54. The lowest BCUT2D eigenvalue weighted by Crippen LogP contribution is -2.37. The summed E-state index contributed by atoms with van der Waals surface area (Å²) in [6.07, 6.45) is -0.347. The molecule has 2 unspecified atom stereocenters. The summed E-state index contributed by atoms with van der Waals surface area (Å²) in [6.45, 7) is 5.85. The van der Waals surface area contributed by atoms with Crippen LogP contribution in [-0.2, 0) is 0 Å². The van der Waals surface area contributed by atoms with E-state index in [1.165, 1.54) is 5.56 Å². The zero-order chi connectivity index (χ0) is 12.1. The predicted octanol–water partition coefficient (Wildman–Crippen LogP) is 2.12. The first kappa shape index (κ1) is 13.0. The van der Waals surface area contributed by atoms with Crippen LogP contribution in [0.1, 0.15) is 32.4 Å². The molecule has 0 amide bonds. The molecular weight excluding hydrogens is 202 g/mol. The fraction of sp³-hybridized carbons (Fsp3) is 0.538. The van der Waals surface area contributed by atoms with Gasteiger partial charge in [-0.15, -0.1) is 0 Å². The van der Waals surface area contributed by atoms with Crippen LogP contribution in [0.4, 0.5) is 0 Å². The van der Waals surface area contributed by atoms with Crippen molar-refractivity contribution in [2.75, 3.05) is 7.11 Å². The normalized spacial score (nSPS) is 16.6. The molecule has 0 spiro atoms. The van der Waals surface area contributed by atoms with Crippen molar-refractivity contribution in [3.8, 4) is 5.75 Å². The van der Waals surface area contributed by atoms with Gasteiger partial charge < -0.3 is 15.2 Å². The van der Waals surface area contributed by atoms with Gasteiger partial charge in [-0.3, -0.25) is 0 Å². The Hall–Kier alpha value is -1.06. The maximum Gasteiger partial charge on any atom is 0.118 e. The maximum atomic E-state index is 9.42. The summed E-state index contributed by atoms with van der Waals surface area (Å²) >= 11 is 0. The lowest BCUT2D eigenvalue weighted by molar-refractivity contribution is 0.147. The van der Waals surface area contributed by atoms with Gasteiger partial charge in [-0.05, 0) is 38.5 Å². The number of ether oxygens (including phenoxy) is 1. The van der Waals surface area contributed by atoms with Crippen LogP contribution in [0.2, 0.25) is 0 Å². The van der Waals surface area contributed by atoms with Crippen LogP contribution >= 0.6 is 0 Å². The lowest BCUT2D eigenvalue weighted by atomic mass is 10.1. The van der Waals surface area contributed by atoms with Crippen LogP contribution in [0.3, 0.4) is 0 Å². The molecule has 0 aromatic heterocycles. The van der Waals surface area contributed by atoms with Crippen molar-refractivity contribution >= 4 is 0 Å². The Kier molecular flexibility index (Phi) is 4.77. The third-order valence-corrected chi connectivity index (χ3v) is 2.85.